The number of nitrogens with one attached hydrogen (secondary N) is 1. The van der Waals surface area contributed by atoms with Gasteiger partial charge in [-0.15, -0.1) is 5.10 Å². The fourth-order valence-corrected chi connectivity index (χ4v) is 7.27. The predicted molar refractivity (Wildman–Crippen MR) is 177 cm³/mol. The number of thioether (sulfide) groups is 1. The maximum atomic E-state index is 13.0. The Morgan fingerprint density at radius 3 is 2.42 bits per heavy atom. The maximum absolute atomic E-state index is 13.0. The number of aryl methyl sites for hydroxylation is 1. The molecule has 0 saturated carbocycles. The van der Waals surface area contributed by atoms with E-state index in [9.17, 15) is 27.9 Å². The molecule has 50 heavy (non-hydrogen) atoms. The second-order valence-electron chi connectivity index (χ2n) is 12.4. The summed E-state index contributed by atoms with van der Waals surface area (Å²) in [6, 6.07) is 21.9. The Morgan fingerprint density at radius 1 is 1.00 bits per heavy atom. The van der Waals surface area contributed by atoms with E-state index in [1.54, 1.807) is 11.7 Å². The Morgan fingerprint density at radius 2 is 1.74 bits per heavy atom. The van der Waals surface area contributed by atoms with Gasteiger partial charge in [-0.3, -0.25) is 9.59 Å². The van der Waals surface area contributed by atoms with Gasteiger partial charge < -0.3 is 24.8 Å². The highest BCUT2D eigenvalue weighted by molar-refractivity contribution is 7.99. The van der Waals surface area contributed by atoms with Crippen LogP contribution in [-0.2, 0) is 39.3 Å². The molecule has 264 valence electrons. The predicted octanol–water partition coefficient (Wildman–Crippen LogP) is 5.12. The van der Waals surface area contributed by atoms with Crippen molar-refractivity contribution in [2.45, 2.75) is 68.8 Å². The number of rotatable bonds is 10. The zero-order valence-corrected chi connectivity index (χ0v) is 28.2. The van der Waals surface area contributed by atoms with Gasteiger partial charge in [0.2, 0.25) is 11.1 Å². The third kappa shape index (κ3) is 8.01. The monoisotopic (exact) mass is 710 g/mol. The number of hydrogen-bond acceptors (Lipinski definition) is 9. The van der Waals surface area contributed by atoms with Gasteiger partial charge in [0.1, 0.15) is 6.04 Å². The van der Waals surface area contributed by atoms with E-state index in [2.05, 4.69) is 27.8 Å². The van der Waals surface area contributed by atoms with Crippen LogP contribution < -0.4 is 5.32 Å². The molecule has 2 aliphatic heterocycles. The topological polar surface area (TPSA) is 132 Å². The minimum absolute atomic E-state index is 0.00992. The number of likely N-dealkylation sites (tertiary alicyclic amines) is 1. The molecule has 0 aliphatic carbocycles. The normalized spacial score (nSPS) is 22.4. The van der Waals surface area contributed by atoms with Crippen molar-refractivity contribution in [2.24, 2.45) is 13.0 Å². The molecule has 2 saturated heterocycles. The molecule has 2 fully saturated rings. The number of aliphatic hydroxyl groups is 1. The molecule has 2 aliphatic rings. The van der Waals surface area contributed by atoms with Crippen LogP contribution in [0.15, 0.2) is 78.0 Å². The molecular formula is C35H37F3N6O5S. The fraction of sp³-hybridized carbons (Fsp3) is 0.400. The molecule has 0 radical (unpaired) electrons. The number of nitrogens with zero attached hydrogens (tertiary/aromatic N) is 5. The number of alkyl halides is 3. The first-order valence-electron chi connectivity index (χ1n) is 16.2. The lowest BCUT2D eigenvalue weighted by atomic mass is 9.91. The van der Waals surface area contributed by atoms with Gasteiger partial charge >= 0.3 is 12.1 Å². The summed E-state index contributed by atoms with van der Waals surface area (Å²) < 4.78 is 53.7. The minimum Gasteiger partial charge on any atom is -0.392 e. The van der Waals surface area contributed by atoms with Gasteiger partial charge in [0.05, 0.1) is 18.8 Å². The number of aliphatic hydroxyl groups excluding tert-OH is 1. The molecule has 11 nitrogen and oxygen atoms in total. The van der Waals surface area contributed by atoms with Crippen LogP contribution in [0, 0.1) is 5.92 Å². The van der Waals surface area contributed by atoms with E-state index in [1.165, 1.54) is 11.8 Å². The highest BCUT2D eigenvalue weighted by Crippen LogP contribution is 2.43. The van der Waals surface area contributed by atoms with Crippen molar-refractivity contribution in [1.82, 2.24) is 30.4 Å². The largest absolute Gasteiger partial charge is 0.471 e. The second-order valence-corrected chi connectivity index (χ2v) is 13.4. The summed E-state index contributed by atoms with van der Waals surface area (Å²) >= 11 is 1.51. The highest BCUT2D eigenvalue weighted by atomic mass is 32.2. The molecule has 2 amide bonds. The number of amides is 2. The number of carbonyl (C=O) groups excluding carboxylic acids is 2. The quantitative estimate of drug-likeness (QED) is 0.215. The fourth-order valence-electron chi connectivity index (χ4n) is 6.26. The average Bonchev–Trinajstić information content (AvgIpc) is 3.79. The minimum atomic E-state index is -5.02. The van der Waals surface area contributed by atoms with Crippen LogP contribution in [0.5, 0.6) is 0 Å². The van der Waals surface area contributed by atoms with Crippen LogP contribution in [0.25, 0.3) is 11.1 Å². The number of aromatic nitrogens is 4. The second kappa shape index (κ2) is 15.3. The van der Waals surface area contributed by atoms with E-state index >= 15 is 0 Å². The van der Waals surface area contributed by atoms with Gasteiger partial charge in [-0.25, -0.2) is 4.68 Å². The van der Waals surface area contributed by atoms with Gasteiger partial charge in [-0.2, -0.15) is 13.2 Å². The van der Waals surface area contributed by atoms with E-state index in [0.717, 1.165) is 33.4 Å². The molecule has 3 heterocycles. The van der Waals surface area contributed by atoms with Crippen LogP contribution in [0.1, 0.15) is 54.4 Å². The Labute approximate surface area is 291 Å². The number of benzene rings is 3. The summed E-state index contributed by atoms with van der Waals surface area (Å²) in [5.74, 6) is -2.01. The van der Waals surface area contributed by atoms with E-state index in [-0.39, 0.29) is 44.2 Å². The number of hydrogen-bond donors (Lipinski definition) is 2. The molecule has 2 N–H and O–H groups in total. The van der Waals surface area contributed by atoms with Gasteiger partial charge in [0.15, 0.2) is 6.29 Å². The van der Waals surface area contributed by atoms with Crippen LogP contribution in [0.4, 0.5) is 13.2 Å². The smallest absolute Gasteiger partial charge is 0.392 e. The number of carbonyl (C=O) groups is 2. The molecule has 0 bridgehead atoms. The lowest BCUT2D eigenvalue weighted by Gasteiger charge is -2.41. The summed E-state index contributed by atoms with van der Waals surface area (Å²) in [4.78, 5) is 25.2. The highest BCUT2D eigenvalue weighted by Gasteiger charge is 2.47. The summed E-state index contributed by atoms with van der Waals surface area (Å²) in [5.41, 5.74) is 5.16. The van der Waals surface area contributed by atoms with Crippen molar-refractivity contribution >= 4 is 23.6 Å². The number of ether oxygens (including phenoxy) is 2. The molecule has 6 rings (SSSR count). The van der Waals surface area contributed by atoms with Crippen molar-refractivity contribution in [3.63, 3.8) is 0 Å². The summed E-state index contributed by atoms with van der Waals surface area (Å²) in [7, 11) is 1.78. The van der Waals surface area contributed by atoms with E-state index in [1.807, 2.05) is 72.8 Å². The van der Waals surface area contributed by atoms with Gasteiger partial charge in [-0.05, 0) is 57.2 Å². The van der Waals surface area contributed by atoms with Gasteiger partial charge in [0, 0.05) is 37.4 Å². The molecule has 4 aromatic rings. The zero-order chi connectivity index (χ0) is 35.4. The van der Waals surface area contributed by atoms with Crippen molar-refractivity contribution in [2.75, 3.05) is 12.3 Å². The van der Waals surface area contributed by atoms with Gasteiger partial charge in [0.25, 0.3) is 0 Å². The van der Waals surface area contributed by atoms with E-state index in [4.69, 9.17) is 9.47 Å². The SMILES string of the molecule is C[C@@H]1[C@H](CSc2nnnn2C)O[C@H](c2ccc(-c3cccc(CNC(=O)[C@@H]4CCCN4C(=O)C(F)(F)F)c3)cc2)O[C@@H]1c1ccc(CO)cc1. The zero-order valence-electron chi connectivity index (χ0n) is 27.4. The van der Waals surface area contributed by atoms with Crippen LogP contribution in [-0.4, -0.2) is 72.6 Å². The number of tetrazole rings is 1. The van der Waals surface area contributed by atoms with Crippen molar-refractivity contribution in [3.05, 3.63) is 95.1 Å². The summed E-state index contributed by atoms with van der Waals surface area (Å²) in [6.07, 6.45) is -5.65. The molecule has 1 aromatic heterocycles. The molecule has 5 atom stereocenters. The first-order valence-corrected chi connectivity index (χ1v) is 17.2. The Hall–Kier alpha value is -4.31. The summed E-state index contributed by atoms with van der Waals surface area (Å²) in [6.45, 7) is 2.04. The molecule has 15 heteroatoms. The van der Waals surface area contributed by atoms with E-state index < -0.39 is 30.3 Å². The lowest BCUT2D eigenvalue weighted by molar-refractivity contribution is -0.268. The molecule has 3 aromatic carbocycles. The Balaban J connectivity index is 1.14. The molecule has 0 unspecified atom stereocenters. The first kappa shape index (κ1) is 35.5. The maximum Gasteiger partial charge on any atom is 0.471 e. The van der Waals surface area contributed by atoms with Crippen LogP contribution in [0.3, 0.4) is 0 Å². The standard InChI is InChI=1S/C35H37F3N6O5S/c1-21-29(20-50-34-40-41-42-43(34)2)48-32(49-30(21)25-10-8-22(19-45)9-11-25)26-14-12-24(13-15-26)27-6-3-5-23(17-27)18-39-31(46)28-7-4-16-44(28)33(47)35(36,37)38/h3,5-6,8-15,17,21,28-30,32,45H,4,7,16,18-20H2,1-2H3,(H,39,46)/t21-,28+,29+,30+,32+/m1/s1. The third-order valence-electron chi connectivity index (χ3n) is 9.05. The first-order chi connectivity index (χ1) is 24.0. The lowest BCUT2D eigenvalue weighted by Crippen LogP contribution is -2.50. The molecule has 0 spiro atoms. The van der Waals surface area contributed by atoms with Crippen LogP contribution >= 0.6 is 11.8 Å². The van der Waals surface area contributed by atoms with Crippen molar-refractivity contribution in [3.8, 4) is 11.1 Å². The van der Waals surface area contributed by atoms with Crippen molar-refractivity contribution in [1.29, 1.82) is 0 Å². The molecular weight excluding hydrogens is 673 g/mol. The third-order valence-corrected chi connectivity index (χ3v) is 10.1. The van der Waals surface area contributed by atoms with Crippen molar-refractivity contribution < 1.29 is 37.3 Å². The number of halogens is 3. The van der Waals surface area contributed by atoms with Gasteiger partial charge in [-0.1, -0.05) is 85.4 Å². The van der Waals surface area contributed by atoms with Crippen LogP contribution in [0.2, 0.25) is 0 Å². The summed E-state index contributed by atoms with van der Waals surface area (Å²) in [5, 5.41) is 24.6. The average molecular weight is 711 g/mol. The Kier molecular flexibility index (Phi) is 10.9. The van der Waals surface area contributed by atoms with E-state index in [0.29, 0.717) is 22.2 Å². The Bertz CT molecular complexity index is 1790.